The first kappa shape index (κ1) is 19.3. The van der Waals surface area contributed by atoms with Crippen LogP contribution in [0.15, 0.2) is 18.3 Å². The van der Waals surface area contributed by atoms with Gasteiger partial charge in [-0.15, -0.1) is 0 Å². The van der Waals surface area contributed by atoms with Gasteiger partial charge in [-0.25, -0.2) is 4.79 Å². The van der Waals surface area contributed by atoms with Crippen LogP contribution in [-0.4, -0.2) is 50.6 Å². The Morgan fingerprint density at radius 1 is 1.41 bits per heavy atom. The molecular formula is C20H26BN3O3. The number of aromatic nitrogens is 1. The lowest BCUT2D eigenvalue weighted by atomic mass is 9.75. The number of rotatable bonds is 6. The summed E-state index contributed by atoms with van der Waals surface area (Å²) >= 11 is 0. The zero-order valence-electron chi connectivity index (χ0n) is 16.3. The van der Waals surface area contributed by atoms with Gasteiger partial charge in [0.1, 0.15) is 5.75 Å². The molecule has 1 aromatic carbocycles. The van der Waals surface area contributed by atoms with Gasteiger partial charge in [0.05, 0.1) is 41.8 Å². The molecule has 0 unspecified atom stereocenters. The Kier molecular flexibility index (Phi) is 5.76. The van der Waals surface area contributed by atoms with E-state index >= 15 is 0 Å². The van der Waals surface area contributed by atoms with Crippen LogP contribution in [0.25, 0.3) is 10.9 Å². The van der Waals surface area contributed by atoms with Crippen molar-refractivity contribution in [2.75, 3.05) is 26.8 Å². The lowest BCUT2D eigenvalue weighted by molar-refractivity contribution is 0.0106. The van der Waals surface area contributed by atoms with Gasteiger partial charge < -0.3 is 19.3 Å². The van der Waals surface area contributed by atoms with Crippen molar-refractivity contribution in [3.63, 3.8) is 0 Å². The maximum absolute atomic E-state index is 12.8. The molecule has 1 aliphatic heterocycles. The highest BCUT2D eigenvalue weighted by atomic mass is 16.5. The average molecular weight is 367 g/mol. The molecule has 1 saturated heterocycles. The number of benzene rings is 1. The van der Waals surface area contributed by atoms with Gasteiger partial charge in [0.15, 0.2) is 7.98 Å². The number of hydrogen-bond acceptors (Lipinski definition) is 5. The number of esters is 1. The van der Waals surface area contributed by atoms with E-state index in [0.29, 0.717) is 34.4 Å². The van der Waals surface area contributed by atoms with Gasteiger partial charge in [-0.3, -0.25) is 0 Å². The van der Waals surface area contributed by atoms with Crippen LogP contribution in [0.1, 0.15) is 48.5 Å². The van der Waals surface area contributed by atoms with Crippen LogP contribution in [-0.2, 0) is 4.74 Å². The standard InChI is InChI=1S/C20H26BN3O3/c1-3-4-20(5-7-24(21)8-6-20)13-27-19(25)15-12-23-16-9-14(11-22)10-17(26-2)18(15)16/h9-10,12,23H,3-8,13,21H2,1-2H3. The maximum Gasteiger partial charge on any atom is 0.340 e. The second-order valence-electron chi connectivity index (χ2n) is 7.54. The highest BCUT2D eigenvalue weighted by Gasteiger charge is 2.34. The fourth-order valence-corrected chi connectivity index (χ4v) is 4.00. The van der Waals surface area contributed by atoms with E-state index in [0.717, 1.165) is 38.8 Å². The lowest BCUT2D eigenvalue weighted by Crippen LogP contribution is -2.41. The van der Waals surface area contributed by atoms with Crippen LogP contribution in [0.4, 0.5) is 0 Å². The minimum atomic E-state index is -0.348. The molecule has 0 aliphatic carbocycles. The van der Waals surface area contributed by atoms with Crippen LogP contribution in [0.3, 0.4) is 0 Å². The van der Waals surface area contributed by atoms with E-state index in [1.54, 1.807) is 18.3 Å². The molecule has 0 saturated carbocycles. The average Bonchev–Trinajstić information content (AvgIpc) is 3.12. The Balaban J connectivity index is 1.81. The van der Waals surface area contributed by atoms with Crippen LogP contribution in [0.5, 0.6) is 5.75 Å². The summed E-state index contributed by atoms with van der Waals surface area (Å²) in [6.45, 7) is 4.70. The molecule has 0 atom stereocenters. The molecule has 27 heavy (non-hydrogen) atoms. The molecule has 0 bridgehead atoms. The van der Waals surface area contributed by atoms with Crippen molar-refractivity contribution < 1.29 is 14.3 Å². The maximum atomic E-state index is 12.8. The Labute approximate surface area is 160 Å². The molecular weight excluding hydrogens is 341 g/mol. The number of nitrogens with one attached hydrogen (secondary N) is 1. The summed E-state index contributed by atoms with van der Waals surface area (Å²) in [4.78, 5) is 18.2. The van der Waals surface area contributed by atoms with Gasteiger partial charge >= 0.3 is 5.97 Å². The quantitative estimate of drug-likeness (QED) is 0.627. The molecule has 142 valence electrons. The van der Waals surface area contributed by atoms with Gasteiger partial charge in [0.25, 0.3) is 0 Å². The third-order valence-corrected chi connectivity index (χ3v) is 5.65. The molecule has 1 aliphatic rings. The first-order chi connectivity index (χ1) is 13.0. The molecule has 0 radical (unpaired) electrons. The summed E-state index contributed by atoms with van der Waals surface area (Å²) in [7, 11) is 3.67. The Morgan fingerprint density at radius 3 is 2.78 bits per heavy atom. The normalized spacial score (nSPS) is 16.8. The van der Waals surface area contributed by atoms with E-state index in [1.165, 1.54) is 7.11 Å². The highest BCUT2D eigenvalue weighted by molar-refractivity contribution is 6.07. The fourth-order valence-electron chi connectivity index (χ4n) is 4.00. The summed E-state index contributed by atoms with van der Waals surface area (Å²) < 4.78 is 11.2. The van der Waals surface area contributed by atoms with Crippen LogP contribution >= 0.6 is 0 Å². The molecule has 7 heteroatoms. The number of ether oxygens (including phenoxy) is 2. The predicted molar refractivity (Wildman–Crippen MR) is 107 cm³/mol. The zero-order chi connectivity index (χ0) is 19.4. The Morgan fingerprint density at radius 2 is 2.15 bits per heavy atom. The van der Waals surface area contributed by atoms with Gasteiger partial charge in [0, 0.05) is 11.6 Å². The number of methoxy groups -OCH3 is 1. The number of H-pyrrole nitrogens is 1. The summed E-state index contributed by atoms with van der Waals surface area (Å²) in [5, 5.41) is 9.81. The molecule has 2 heterocycles. The molecule has 1 N–H and O–H groups in total. The number of carbonyl (C=O) groups is 1. The second kappa shape index (κ2) is 8.05. The summed E-state index contributed by atoms with van der Waals surface area (Å²) in [6, 6.07) is 5.46. The van der Waals surface area contributed by atoms with Crippen molar-refractivity contribution in [2.24, 2.45) is 5.41 Å². The third-order valence-electron chi connectivity index (χ3n) is 5.65. The number of nitriles is 1. The van der Waals surface area contributed by atoms with E-state index in [2.05, 4.69) is 30.8 Å². The van der Waals surface area contributed by atoms with Gasteiger partial charge in [0.2, 0.25) is 0 Å². The van der Waals surface area contributed by atoms with Crippen molar-refractivity contribution in [3.8, 4) is 11.8 Å². The summed E-state index contributed by atoms with van der Waals surface area (Å²) in [5.41, 5.74) is 1.70. The SMILES string of the molecule is BN1CCC(CCC)(COC(=O)c2c[nH]c3cc(C#N)cc(OC)c23)CC1. The minimum absolute atomic E-state index is 0.0705. The summed E-state index contributed by atoms with van der Waals surface area (Å²) in [6.07, 6.45) is 5.88. The van der Waals surface area contributed by atoms with E-state index < -0.39 is 0 Å². The van der Waals surface area contributed by atoms with Crippen molar-refractivity contribution in [2.45, 2.75) is 32.6 Å². The number of carbonyl (C=O) groups excluding carboxylic acids is 1. The third kappa shape index (κ3) is 3.96. The van der Waals surface area contributed by atoms with Gasteiger partial charge in [-0.2, -0.15) is 5.26 Å². The number of aromatic amines is 1. The van der Waals surface area contributed by atoms with E-state index in [-0.39, 0.29) is 11.4 Å². The largest absolute Gasteiger partial charge is 0.496 e. The Bertz CT molecular complexity index is 863. The molecule has 1 aromatic heterocycles. The zero-order valence-corrected chi connectivity index (χ0v) is 16.3. The van der Waals surface area contributed by atoms with Gasteiger partial charge in [-0.1, -0.05) is 13.3 Å². The Hall–Kier alpha value is -2.46. The first-order valence-electron chi connectivity index (χ1n) is 9.47. The number of piperidine rings is 1. The van der Waals surface area contributed by atoms with E-state index in [9.17, 15) is 4.79 Å². The first-order valence-corrected chi connectivity index (χ1v) is 9.47. The molecule has 2 aromatic rings. The van der Waals surface area contributed by atoms with E-state index in [1.807, 2.05) is 0 Å². The number of fused-ring (bicyclic) bond motifs is 1. The van der Waals surface area contributed by atoms with Crippen molar-refractivity contribution in [3.05, 3.63) is 29.5 Å². The van der Waals surface area contributed by atoms with Crippen LogP contribution in [0.2, 0.25) is 0 Å². The van der Waals surface area contributed by atoms with E-state index in [4.69, 9.17) is 14.7 Å². The molecule has 0 amide bonds. The van der Waals surface area contributed by atoms with Crippen LogP contribution < -0.4 is 4.74 Å². The highest BCUT2D eigenvalue weighted by Crippen LogP contribution is 2.37. The fraction of sp³-hybridized carbons (Fsp3) is 0.500. The van der Waals surface area contributed by atoms with Gasteiger partial charge in [-0.05, 0) is 44.5 Å². The molecule has 1 fully saturated rings. The lowest BCUT2D eigenvalue weighted by Gasteiger charge is -2.40. The predicted octanol–water partition coefficient (Wildman–Crippen LogP) is 2.64. The van der Waals surface area contributed by atoms with Crippen LogP contribution in [0, 0.1) is 16.7 Å². The smallest absolute Gasteiger partial charge is 0.340 e. The number of nitrogens with zero attached hydrogens (tertiary/aromatic N) is 2. The van der Waals surface area contributed by atoms with Crippen molar-refractivity contribution in [1.82, 2.24) is 9.79 Å². The number of hydrogen-bond donors (Lipinski definition) is 1. The topological polar surface area (TPSA) is 78.4 Å². The molecule has 3 rings (SSSR count). The van der Waals surface area contributed by atoms with Crippen molar-refractivity contribution in [1.29, 1.82) is 5.26 Å². The molecule has 0 spiro atoms. The monoisotopic (exact) mass is 367 g/mol. The second-order valence-corrected chi connectivity index (χ2v) is 7.54. The molecule has 6 nitrogen and oxygen atoms in total. The summed E-state index contributed by atoms with van der Waals surface area (Å²) in [5.74, 6) is 0.151. The minimum Gasteiger partial charge on any atom is -0.496 e. The van der Waals surface area contributed by atoms with Crippen molar-refractivity contribution >= 4 is 24.9 Å².